The summed E-state index contributed by atoms with van der Waals surface area (Å²) in [6, 6.07) is 6.18. The van der Waals surface area contributed by atoms with Crippen LogP contribution in [0.4, 0.5) is 5.69 Å². The average Bonchev–Trinajstić information content (AvgIpc) is 2.89. The highest BCUT2D eigenvalue weighted by Gasteiger charge is 2.12. The molecule has 0 radical (unpaired) electrons. The summed E-state index contributed by atoms with van der Waals surface area (Å²) in [4.78, 5) is 24.1. The molecule has 1 aromatic heterocycles. The Kier molecular flexibility index (Phi) is 2.97. The maximum absolute atomic E-state index is 12.1. The zero-order valence-corrected chi connectivity index (χ0v) is 11.4. The zero-order chi connectivity index (χ0) is 14.3. The molecule has 0 amide bonds. The van der Waals surface area contributed by atoms with Crippen LogP contribution in [0.2, 0.25) is 0 Å². The summed E-state index contributed by atoms with van der Waals surface area (Å²) in [5.41, 5.74) is 8.64. The smallest absolute Gasteiger partial charge is 0.331 e. The lowest BCUT2D eigenvalue weighted by Crippen LogP contribution is -2.39. The Morgan fingerprint density at radius 2 is 1.95 bits per heavy atom. The Bertz CT molecular complexity index is 752. The van der Waals surface area contributed by atoms with Gasteiger partial charge in [0, 0.05) is 13.2 Å². The summed E-state index contributed by atoms with van der Waals surface area (Å²) in [6.07, 6.45) is 4.74. The molecule has 20 heavy (non-hydrogen) atoms. The van der Waals surface area contributed by atoms with Crippen LogP contribution in [0, 0.1) is 0 Å². The molecule has 5 heteroatoms. The molecule has 0 atom stereocenters. The summed E-state index contributed by atoms with van der Waals surface area (Å²) in [6.45, 7) is 0.268. The maximum Gasteiger partial charge on any atom is 0.331 e. The minimum Gasteiger partial charge on any atom is -0.393 e. The molecule has 104 valence electrons. The number of hydrogen-bond donors (Lipinski definition) is 1. The summed E-state index contributed by atoms with van der Waals surface area (Å²) in [5.74, 6) is 0. The van der Waals surface area contributed by atoms with Crippen molar-refractivity contribution in [3.8, 4) is 0 Å². The Morgan fingerprint density at radius 1 is 1.20 bits per heavy atom. The van der Waals surface area contributed by atoms with Crippen molar-refractivity contribution >= 4 is 5.69 Å². The normalized spacial score (nSPS) is 13.4. The van der Waals surface area contributed by atoms with E-state index in [-0.39, 0.29) is 17.9 Å². The third kappa shape index (κ3) is 2.05. The van der Waals surface area contributed by atoms with E-state index in [1.54, 1.807) is 7.05 Å². The highest BCUT2D eigenvalue weighted by Crippen LogP contribution is 2.22. The van der Waals surface area contributed by atoms with Crippen LogP contribution in [-0.2, 0) is 26.4 Å². The molecular formula is C15H17N3O2. The average molecular weight is 271 g/mol. The molecule has 2 aromatic rings. The highest BCUT2D eigenvalue weighted by atomic mass is 16.2. The van der Waals surface area contributed by atoms with E-state index >= 15 is 0 Å². The first-order chi connectivity index (χ1) is 9.56. The minimum atomic E-state index is -0.423. The Morgan fingerprint density at radius 3 is 2.75 bits per heavy atom. The van der Waals surface area contributed by atoms with Crippen molar-refractivity contribution < 1.29 is 0 Å². The molecule has 0 fully saturated rings. The third-order valence-corrected chi connectivity index (χ3v) is 3.86. The van der Waals surface area contributed by atoms with Gasteiger partial charge in [0.05, 0.1) is 6.54 Å². The lowest BCUT2D eigenvalue weighted by atomic mass is 10.1. The van der Waals surface area contributed by atoms with E-state index in [9.17, 15) is 9.59 Å². The maximum atomic E-state index is 12.1. The SMILES string of the molecule is Cn1cc(N)c(=O)n(Cc2ccc3c(c2)CCC3)c1=O. The number of benzene rings is 1. The number of nitrogens with two attached hydrogens (primary N) is 1. The van der Waals surface area contributed by atoms with E-state index in [2.05, 4.69) is 12.1 Å². The number of aryl methyl sites for hydroxylation is 3. The lowest BCUT2D eigenvalue weighted by Gasteiger charge is -2.09. The van der Waals surface area contributed by atoms with Crippen LogP contribution in [0.25, 0.3) is 0 Å². The van der Waals surface area contributed by atoms with Gasteiger partial charge in [-0.25, -0.2) is 4.79 Å². The number of anilines is 1. The molecule has 0 spiro atoms. The molecule has 0 aliphatic heterocycles. The largest absolute Gasteiger partial charge is 0.393 e. The van der Waals surface area contributed by atoms with E-state index in [0.29, 0.717) is 0 Å². The molecule has 5 nitrogen and oxygen atoms in total. The molecule has 0 saturated heterocycles. The summed E-state index contributed by atoms with van der Waals surface area (Å²) >= 11 is 0. The second-order valence-electron chi connectivity index (χ2n) is 5.33. The third-order valence-electron chi connectivity index (χ3n) is 3.86. The number of fused-ring (bicyclic) bond motifs is 1. The molecule has 3 rings (SSSR count). The van der Waals surface area contributed by atoms with Crippen molar-refractivity contribution in [1.29, 1.82) is 0 Å². The molecule has 2 N–H and O–H groups in total. The van der Waals surface area contributed by atoms with Gasteiger partial charge in [-0.15, -0.1) is 0 Å². The van der Waals surface area contributed by atoms with Crippen molar-refractivity contribution in [3.05, 3.63) is 61.9 Å². The predicted molar refractivity (Wildman–Crippen MR) is 77.9 cm³/mol. The molecule has 1 aliphatic carbocycles. The Labute approximate surface area is 116 Å². The van der Waals surface area contributed by atoms with Crippen molar-refractivity contribution in [1.82, 2.24) is 9.13 Å². The molecule has 0 bridgehead atoms. The van der Waals surface area contributed by atoms with Crippen LogP contribution in [0.5, 0.6) is 0 Å². The van der Waals surface area contributed by atoms with Gasteiger partial charge in [-0.1, -0.05) is 18.2 Å². The second-order valence-corrected chi connectivity index (χ2v) is 5.33. The Hall–Kier alpha value is -2.30. The van der Waals surface area contributed by atoms with Crippen LogP contribution < -0.4 is 17.0 Å². The van der Waals surface area contributed by atoms with Crippen molar-refractivity contribution in [2.24, 2.45) is 7.05 Å². The number of nitrogens with zero attached hydrogens (tertiary/aromatic N) is 2. The van der Waals surface area contributed by atoms with Crippen molar-refractivity contribution in [2.45, 2.75) is 25.8 Å². The van der Waals surface area contributed by atoms with Crippen LogP contribution in [0.3, 0.4) is 0 Å². The topological polar surface area (TPSA) is 70.0 Å². The van der Waals surface area contributed by atoms with Gasteiger partial charge in [0.2, 0.25) is 0 Å². The zero-order valence-electron chi connectivity index (χ0n) is 11.4. The first kappa shape index (κ1) is 12.7. The molecule has 1 aliphatic rings. The lowest BCUT2D eigenvalue weighted by molar-refractivity contribution is 0.643. The monoisotopic (exact) mass is 271 g/mol. The van der Waals surface area contributed by atoms with Crippen molar-refractivity contribution in [2.75, 3.05) is 5.73 Å². The van der Waals surface area contributed by atoms with Gasteiger partial charge in [-0.3, -0.25) is 9.36 Å². The van der Waals surface area contributed by atoms with E-state index in [1.807, 2.05) is 6.07 Å². The van der Waals surface area contributed by atoms with Crippen LogP contribution in [-0.4, -0.2) is 9.13 Å². The van der Waals surface area contributed by atoms with Gasteiger partial charge in [0.15, 0.2) is 0 Å². The molecule has 1 aromatic carbocycles. The second kappa shape index (κ2) is 4.67. The highest BCUT2D eigenvalue weighted by molar-refractivity contribution is 5.36. The Balaban J connectivity index is 2.04. The number of hydrogen-bond acceptors (Lipinski definition) is 3. The number of aromatic nitrogens is 2. The van der Waals surface area contributed by atoms with Gasteiger partial charge in [0.1, 0.15) is 5.69 Å². The van der Waals surface area contributed by atoms with Crippen LogP contribution >= 0.6 is 0 Å². The van der Waals surface area contributed by atoms with Gasteiger partial charge in [0.25, 0.3) is 5.56 Å². The summed E-state index contributed by atoms with van der Waals surface area (Å²) in [7, 11) is 1.59. The fourth-order valence-electron chi connectivity index (χ4n) is 2.80. The van der Waals surface area contributed by atoms with Gasteiger partial charge >= 0.3 is 5.69 Å². The van der Waals surface area contributed by atoms with E-state index in [0.717, 1.165) is 18.4 Å². The molecule has 0 saturated carbocycles. The fourth-order valence-corrected chi connectivity index (χ4v) is 2.80. The van der Waals surface area contributed by atoms with Gasteiger partial charge in [-0.05, 0) is 36.0 Å². The van der Waals surface area contributed by atoms with Crippen molar-refractivity contribution in [3.63, 3.8) is 0 Å². The number of nitrogen functional groups attached to an aromatic ring is 1. The standard InChI is InChI=1S/C15H17N3O2/c1-17-9-13(16)14(19)18(15(17)20)8-10-5-6-11-3-2-4-12(11)7-10/h5-7,9H,2-4,8,16H2,1H3. The molecule has 0 unspecified atom stereocenters. The summed E-state index contributed by atoms with van der Waals surface area (Å²) in [5, 5.41) is 0. The van der Waals surface area contributed by atoms with Gasteiger partial charge in [-0.2, -0.15) is 0 Å². The van der Waals surface area contributed by atoms with Crippen LogP contribution in [0.15, 0.2) is 34.0 Å². The minimum absolute atomic E-state index is 0.0910. The molecular weight excluding hydrogens is 254 g/mol. The first-order valence-corrected chi connectivity index (χ1v) is 6.73. The number of rotatable bonds is 2. The predicted octanol–water partition coefficient (Wildman–Crippen LogP) is 0.666. The van der Waals surface area contributed by atoms with Gasteiger partial charge < -0.3 is 10.3 Å². The quantitative estimate of drug-likeness (QED) is 0.872. The van der Waals surface area contributed by atoms with Crippen LogP contribution in [0.1, 0.15) is 23.1 Å². The van der Waals surface area contributed by atoms with E-state index in [1.165, 1.54) is 32.9 Å². The molecule has 1 heterocycles. The van der Waals surface area contributed by atoms with E-state index < -0.39 is 5.56 Å². The van der Waals surface area contributed by atoms with E-state index in [4.69, 9.17) is 5.73 Å². The fraction of sp³-hybridized carbons (Fsp3) is 0.333. The first-order valence-electron chi connectivity index (χ1n) is 6.73. The summed E-state index contributed by atoms with van der Waals surface area (Å²) < 4.78 is 2.52.